The molecule has 5 nitrogen and oxygen atoms in total. The topological polar surface area (TPSA) is 58.3 Å². The first-order chi connectivity index (χ1) is 9.19. The fourth-order valence-electron chi connectivity index (χ4n) is 2.54. The van der Waals surface area contributed by atoms with Gasteiger partial charge in [0.1, 0.15) is 11.6 Å². The van der Waals surface area contributed by atoms with Gasteiger partial charge in [0, 0.05) is 19.8 Å². The van der Waals surface area contributed by atoms with Crippen LogP contribution >= 0.6 is 0 Å². The number of nitrogens with zero attached hydrogens (tertiary/aromatic N) is 4. The molecule has 0 spiro atoms. The first kappa shape index (κ1) is 14.2. The molecule has 0 aliphatic carbocycles. The Hall–Kier alpha value is -1.20. The third-order valence-electron chi connectivity index (χ3n) is 3.98. The van der Waals surface area contributed by atoms with Gasteiger partial charge in [-0.3, -0.25) is 0 Å². The summed E-state index contributed by atoms with van der Waals surface area (Å²) in [6.07, 6.45) is 5.67. The van der Waals surface area contributed by atoms with Crippen LogP contribution in [0.4, 0.5) is 5.82 Å². The van der Waals surface area contributed by atoms with Gasteiger partial charge in [0.2, 0.25) is 0 Å². The third kappa shape index (κ3) is 4.14. The molecule has 106 valence electrons. The van der Waals surface area contributed by atoms with E-state index in [1.54, 1.807) is 6.20 Å². The summed E-state index contributed by atoms with van der Waals surface area (Å²) < 4.78 is 0. The monoisotopic (exact) mass is 263 g/mol. The van der Waals surface area contributed by atoms with Crippen molar-refractivity contribution in [2.45, 2.75) is 25.8 Å². The molecule has 5 heteroatoms. The van der Waals surface area contributed by atoms with Crippen LogP contribution in [0.15, 0.2) is 12.3 Å². The summed E-state index contributed by atoms with van der Waals surface area (Å²) in [5.74, 6) is 2.54. The van der Waals surface area contributed by atoms with Crippen LogP contribution in [0.1, 0.15) is 25.1 Å². The second kappa shape index (κ2) is 6.82. The quantitative estimate of drug-likeness (QED) is 0.862. The second-order valence-electron chi connectivity index (χ2n) is 5.49. The summed E-state index contributed by atoms with van der Waals surface area (Å²) in [7, 11) is 4.30. The van der Waals surface area contributed by atoms with Gasteiger partial charge in [-0.2, -0.15) is 0 Å². The number of likely N-dealkylation sites (tertiary alicyclic amines) is 1. The van der Waals surface area contributed by atoms with E-state index in [1.165, 1.54) is 32.4 Å². The van der Waals surface area contributed by atoms with Crippen molar-refractivity contribution in [3.05, 3.63) is 18.1 Å². The van der Waals surface area contributed by atoms with Crippen LogP contribution in [0, 0.1) is 5.92 Å². The summed E-state index contributed by atoms with van der Waals surface area (Å²) in [6.45, 7) is 3.92. The van der Waals surface area contributed by atoms with Gasteiger partial charge in [-0.15, -0.1) is 0 Å². The average Bonchev–Trinajstić information content (AvgIpc) is 2.46. The number of anilines is 1. The van der Waals surface area contributed by atoms with E-state index in [0.717, 1.165) is 18.3 Å². The van der Waals surface area contributed by atoms with E-state index in [0.29, 0.717) is 12.4 Å². The lowest BCUT2D eigenvalue weighted by atomic mass is 9.94. The molecular weight excluding hydrogens is 238 g/mol. The van der Waals surface area contributed by atoms with Crippen molar-refractivity contribution >= 4 is 5.82 Å². The molecule has 1 aliphatic heterocycles. The van der Waals surface area contributed by atoms with Crippen LogP contribution < -0.4 is 10.6 Å². The minimum absolute atomic E-state index is 0.399. The lowest BCUT2D eigenvalue weighted by molar-refractivity contribution is 0.213. The highest BCUT2D eigenvalue weighted by molar-refractivity contribution is 5.35. The van der Waals surface area contributed by atoms with Crippen molar-refractivity contribution in [2.75, 3.05) is 38.6 Å². The number of rotatable bonds is 5. The van der Waals surface area contributed by atoms with Crippen LogP contribution in [-0.2, 0) is 6.54 Å². The summed E-state index contributed by atoms with van der Waals surface area (Å²) in [6, 6.07) is 1.95. The maximum atomic E-state index is 5.57. The van der Waals surface area contributed by atoms with Gasteiger partial charge in [0.25, 0.3) is 0 Å². The predicted molar refractivity (Wildman–Crippen MR) is 78.0 cm³/mol. The van der Waals surface area contributed by atoms with E-state index in [-0.39, 0.29) is 0 Å². The number of nitrogens with two attached hydrogens (primary N) is 1. The molecule has 1 saturated heterocycles. The molecule has 0 unspecified atom stereocenters. The number of hydrogen-bond donors (Lipinski definition) is 1. The zero-order valence-electron chi connectivity index (χ0n) is 12.0. The van der Waals surface area contributed by atoms with Crippen molar-refractivity contribution in [3.63, 3.8) is 0 Å². The van der Waals surface area contributed by atoms with Gasteiger partial charge >= 0.3 is 0 Å². The Kier molecular flexibility index (Phi) is 5.10. The van der Waals surface area contributed by atoms with Gasteiger partial charge in [0.05, 0.1) is 6.54 Å². The van der Waals surface area contributed by atoms with Crippen LogP contribution in [0.25, 0.3) is 0 Å². The van der Waals surface area contributed by atoms with Gasteiger partial charge in [-0.25, -0.2) is 9.97 Å². The van der Waals surface area contributed by atoms with Crippen LogP contribution in [0.2, 0.25) is 0 Å². The Bertz CT molecular complexity index is 387. The maximum absolute atomic E-state index is 5.57. The molecule has 0 aromatic carbocycles. The van der Waals surface area contributed by atoms with E-state index in [2.05, 4.69) is 33.9 Å². The Balaban J connectivity index is 1.81. The fourth-order valence-corrected chi connectivity index (χ4v) is 2.54. The van der Waals surface area contributed by atoms with E-state index in [1.807, 2.05) is 6.07 Å². The first-order valence-electron chi connectivity index (χ1n) is 7.10. The molecule has 1 aromatic rings. The highest BCUT2D eigenvalue weighted by atomic mass is 15.2. The van der Waals surface area contributed by atoms with Gasteiger partial charge in [-0.1, -0.05) is 0 Å². The molecule has 2 rings (SSSR count). The molecule has 19 heavy (non-hydrogen) atoms. The molecular formula is C14H25N5. The molecule has 1 aliphatic rings. The zero-order chi connectivity index (χ0) is 13.7. The van der Waals surface area contributed by atoms with Gasteiger partial charge in [0.15, 0.2) is 0 Å². The fraction of sp³-hybridized carbons (Fsp3) is 0.714. The highest BCUT2D eigenvalue weighted by Crippen LogP contribution is 2.20. The van der Waals surface area contributed by atoms with Crippen molar-refractivity contribution < 1.29 is 0 Å². The Morgan fingerprint density at radius 3 is 2.84 bits per heavy atom. The molecule has 1 aromatic heterocycles. The van der Waals surface area contributed by atoms with Gasteiger partial charge < -0.3 is 15.5 Å². The van der Waals surface area contributed by atoms with E-state index < -0.39 is 0 Å². The van der Waals surface area contributed by atoms with Crippen LogP contribution in [-0.4, -0.2) is 48.6 Å². The molecule has 0 atom stereocenters. The number of aromatic nitrogens is 2. The zero-order valence-corrected chi connectivity index (χ0v) is 12.0. The normalized spacial score (nSPS) is 17.6. The summed E-state index contributed by atoms with van der Waals surface area (Å²) in [4.78, 5) is 13.2. The summed E-state index contributed by atoms with van der Waals surface area (Å²) in [5, 5.41) is 0. The van der Waals surface area contributed by atoms with Crippen LogP contribution in [0.3, 0.4) is 0 Å². The molecule has 2 N–H and O–H groups in total. The minimum Gasteiger partial charge on any atom is -0.360 e. The Morgan fingerprint density at radius 1 is 1.42 bits per heavy atom. The average molecular weight is 263 g/mol. The van der Waals surface area contributed by atoms with E-state index in [4.69, 9.17) is 5.73 Å². The molecule has 0 amide bonds. The van der Waals surface area contributed by atoms with E-state index in [9.17, 15) is 0 Å². The largest absolute Gasteiger partial charge is 0.360 e. The predicted octanol–water partition coefficient (Wildman–Crippen LogP) is 1.10. The smallest absolute Gasteiger partial charge is 0.144 e. The number of piperidine rings is 1. The van der Waals surface area contributed by atoms with Gasteiger partial charge in [-0.05, 0) is 51.4 Å². The lowest BCUT2D eigenvalue weighted by Crippen LogP contribution is -2.32. The van der Waals surface area contributed by atoms with Crippen molar-refractivity contribution in [1.82, 2.24) is 14.9 Å². The molecule has 2 heterocycles. The number of hydrogen-bond acceptors (Lipinski definition) is 5. The molecule has 1 fully saturated rings. The van der Waals surface area contributed by atoms with E-state index >= 15 is 0 Å². The lowest BCUT2D eigenvalue weighted by Gasteiger charge is -2.30. The van der Waals surface area contributed by atoms with Crippen molar-refractivity contribution in [3.8, 4) is 0 Å². The summed E-state index contributed by atoms with van der Waals surface area (Å²) in [5.41, 5.74) is 5.57. The minimum atomic E-state index is 0.399. The first-order valence-corrected chi connectivity index (χ1v) is 7.10. The standard InChI is InChI=1S/C14H25N5/c1-18-8-4-12(5-9-18)6-10-19(2)14-3-7-16-13(11-15)17-14/h3,7,12H,4-6,8-11,15H2,1-2H3. The highest BCUT2D eigenvalue weighted by Gasteiger charge is 2.17. The van der Waals surface area contributed by atoms with Crippen LogP contribution in [0.5, 0.6) is 0 Å². The second-order valence-corrected chi connectivity index (χ2v) is 5.49. The molecule has 0 saturated carbocycles. The molecule has 0 radical (unpaired) electrons. The Labute approximate surface area is 115 Å². The van der Waals surface area contributed by atoms with Crippen molar-refractivity contribution in [1.29, 1.82) is 0 Å². The summed E-state index contributed by atoms with van der Waals surface area (Å²) >= 11 is 0. The SMILES string of the molecule is CN1CCC(CCN(C)c2ccnc(CN)n2)CC1. The Morgan fingerprint density at radius 2 is 2.16 bits per heavy atom. The third-order valence-corrected chi connectivity index (χ3v) is 3.98. The molecule has 0 bridgehead atoms. The van der Waals surface area contributed by atoms with Crippen molar-refractivity contribution in [2.24, 2.45) is 11.7 Å². The maximum Gasteiger partial charge on any atom is 0.144 e.